The van der Waals surface area contributed by atoms with Gasteiger partial charge in [-0.25, -0.2) is 0 Å². The normalized spacial score (nSPS) is 12.0. The Morgan fingerprint density at radius 2 is 1.29 bits per heavy atom. The number of hydrogen-bond acceptors (Lipinski definition) is 2. The molecule has 0 atom stereocenters. The van der Waals surface area contributed by atoms with E-state index in [9.17, 15) is 0 Å². The number of furan rings is 2. The summed E-state index contributed by atoms with van der Waals surface area (Å²) in [7, 11) is 0. The van der Waals surface area contributed by atoms with Gasteiger partial charge in [0, 0.05) is 21.5 Å². The van der Waals surface area contributed by atoms with Gasteiger partial charge in [0.05, 0.1) is 0 Å². The van der Waals surface area contributed by atoms with Crippen molar-refractivity contribution in [1.29, 1.82) is 0 Å². The highest BCUT2D eigenvalue weighted by Crippen LogP contribution is 2.38. The minimum absolute atomic E-state index is 0.836. The SMILES string of the molecule is Cc1ccc2oc3c(ccc4c5ccccc5oc43)c2c1. The van der Waals surface area contributed by atoms with Crippen molar-refractivity contribution in [2.75, 3.05) is 0 Å². The Labute approximate surface area is 120 Å². The maximum absolute atomic E-state index is 6.06. The summed E-state index contributed by atoms with van der Waals surface area (Å²) >= 11 is 0. The fraction of sp³-hybridized carbons (Fsp3) is 0.0526. The lowest BCUT2D eigenvalue weighted by Gasteiger charge is -1.92. The number of fused-ring (bicyclic) bond motifs is 7. The zero-order chi connectivity index (χ0) is 14.0. The predicted molar refractivity (Wildman–Crippen MR) is 85.7 cm³/mol. The molecular weight excluding hydrogens is 260 g/mol. The molecule has 0 bridgehead atoms. The molecule has 3 aromatic carbocycles. The van der Waals surface area contributed by atoms with E-state index in [1.54, 1.807) is 0 Å². The molecule has 2 heteroatoms. The summed E-state index contributed by atoms with van der Waals surface area (Å²) in [5.74, 6) is 0. The van der Waals surface area contributed by atoms with Gasteiger partial charge in [-0.05, 0) is 37.3 Å². The zero-order valence-corrected chi connectivity index (χ0v) is 11.5. The number of aryl methyl sites for hydroxylation is 1. The Bertz CT molecular complexity index is 1140. The van der Waals surface area contributed by atoms with Crippen molar-refractivity contribution >= 4 is 43.9 Å². The molecule has 0 N–H and O–H groups in total. The van der Waals surface area contributed by atoms with Gasteiger partial charge in [-0.3, -0.25) is 0 Å². The van der Waals surface area contributed by atoms with Crippen LogP contribution in [0.3, 0.4) is 0 Å². The molecule has 0 unspecified atom stereocenters. The molecule has 0 saturated carbocycles. The Hall–Kier alpha value is -2.74. The quantitative estimate of drug-likeness (QED) is 0.356. The molecule has 0 saturated heterocycles. The molecule has 5 rings (SSSR count). The van der Waals surface area contributed by atoms with Gasteiger partial charge in [0.2, 0.25) is 0 Å². The average Bonchev–Trinajstić information content (AvgIpc) is 3.05. The van der Waals surface area contributed by atoms with Crippen molar-refractivity contribution in [3.63, 3.8) is 0 Å². The summed E-state index contributed by atoms with van der Waals surface area (Å²) < 4.78 is 12.1. The van der Waals surface area contributed by atoms with Crippen molar-refractivity contribution in [2.24, 2.45) is 0 Å². The first kappa shape index (κ1) is 11.0. The van der Waals surface area contributed by atoms with Gasteiger partial charge in [-0.1, -0.05) is 29.8 Å². The molecule has 0 amide bonds. The number of para-hydroxylation sites is 1. The molecular formula is C19H12O2. The van der Waals surface area contributed by atoms with Crippen molar-refractivity contribution in [3.05, 3.63) is 60.2 Å². The Balaban J connectivity index is 2.06. The summed E-state index contributed by atoms with van der Waals surface area (Å²) in [6, 6.07) is 18.6. The van der Waals surface area contributed by atoms with Crippen LogP contribution in [0.2, 0.25) is 0 Å². The summed E-state index contributed by atoms with van der Waals surface area (Å²) in [6.07, 6.45) is 0. The van der Waals surface area contributed by atoms with E-state index in [-0.39, 0.29) is 0 Å². The van der Waals surface area contributed by atoms with Crippen LogP contribution < -0.4 is 0 Å². The van der Waals surface area contributed by atoms with Crippen LogP contribution in [-0.4, -0.2) is 0 Å². The van der Waals surface area contributed by atoms with E-state index in [0.29, 0.717) is 0 Å². The lowest BCUT2D eigenvalue weighted by molar-refractivity contribution is 0.633. The molecule has 2 aromatic heterocycles. The molecule has 0 aliphatic heterocycles. The third-order valence-electron chi connectivity index (χ3n) is 4.14. The van der Waals surface area contributed by atoms with E-state index < -0.39 is 0 Å². The van der Waals surface area contributed by atoms with Crippen LogP contribution in [0.25, 0.3) is 43.9 Å². The molecule has 0 fully saturated rings. The van der Waals surface area contributed by atoms with Crippen molar-refractivity contribution in [1.82, 2.24) is 0 Å². The summed E-state index contributed by atoms with van der Waals surface area (Å²) in [5, 5.41) is 4.49. The number of benzene rings is 3. The molecule has 2 nitrogen and oxygen atoms in total. The fourth-order valence-corrected chi connectivity index (χ4v) is 3.13. The highest BCUT2D eigenvalue weighted by atomic mass is 16.4. The van der Waals surface area contributed by atoms with Gasteiger partial charge >= 0.3 is 0 Å². The van der Waals surface area contributed by atoms with Crippen molar-refractivity contribution in [2.45, 2.75) is 6.92 Å². The molecule has 100 valence electrons. The molecule has 0 spiro atoms. The Morgan fingerprint density at radius 3 is 2.10 bits per heavy atom. The van der Waals surface area contributed by atoms with Crippen LogP contribution in [0.4, 0.5) is 0 Å². The van der Waals surface area contributed by atoms with E-state index >= 15 is 0 Å². The summed E-state index contributed by atoms with van der Waals surface area (Å²) in [4.78, 5) is 0. The van der Waals surface area contributed by atoms with Crippen LogP contribution in [0.1, 0.15) is 5.56 Å². The maximum Gasteiger partial charge on any atom is 0.178 e. The number of rotatable bonds is 0. The van der Waals surface area contributed by atoms with E-state index in [0.717, 1.165) is 43.9 Å². The predicted octanol–water partition coefficient (Wildman–Crippen LogP) is 5.79. The standard InChI is InChI=1S/C19H12O2/c1-11-6-9-17-15(10-11)14-8-7-13-12-4-2-3-5-16(12)20-18(13)19(14)21-17/h2-10H,1H3. The fourth-order valence-electron chi connectivity index (χ4n) is 3.13. The second-order valence-electron chi connectivity index (χ2n) is 5.52. The Kier molecular flexibility index (Phi) is 1.92. The average molecular weight is 272 g/mol. The lowest BCUT2D eigenvalue weighted by atomic mass is 10.1. The van der Waals surface area contributed by atoms with Gasteiger partial charge in [0.15, 0.2) is 11.2 Å². The minimum Gasteiger partial charge on any atom is -0.452 e. The molecule has 5 aromatic rings. The first-order valence-corrected chi connectivity index (χ1v) is 7.04. The van der Waals surface area contributed by atoms with Crippen LogP contribution in [0.15, 0.2) is 63.4 Å². The molecule has 2 heterocycles. The van der Waals surface area contributed by atoms with Crippen molar-refractivity contribution < 1.29 is 8.83 Å². The van der Waals surface area contributed by atoms with E-state index in [2.05, 4.69) is 37.3 Å². The topological polar surface area (TPSA) is 26.3 Å². The van der Waals surface area contributed by atoms with Gasteiger partial charge in [-0.2, -0.15) is 0 Å². The lowest BCUT2D eigenvalue weighted by Crippen LogP contribution is -1.71. The summed E-state index contributed by atoms with van der Waals surface area (Å²) in [6.45, 7) is 2.10. The minimum atomic E-state index is 0.836. The van der Waals surface area contributed by atoms with Gasteiger partial charge in [-0.15, -0.1) is 0 Å². The van der Waals surface area contributed by atoms with Gasteiger partial charge in [0.25, 0.3) is 0 Å². The summed E-state index contributed by atoms with van der Waals surface area (Å²) in [5.41, 5.74) is 4.71. The first-order chi connectivity index (χ1) is 10.3. The van der Waals surface area contributed by atoms with Gasteiger partial charge in [0.1, 0.15) is 11.2 Å². The van der Waals surface area contributed by atoms with Crippen LogP contribution >= 0.6 is 0 Å². The third kappa shape index (κ3) is 1.37. The van der Waals surface area contributed by atoms with Gasteiger partial charge < -0.3 is 8.83 Å². The molecule has 0 radical (unpaired) electrons. The smallest absolute Gasteiger partial charge is 0.178 e. The first-order valence-electron chi connectivity index (χ1n) is 7.04. The molecule has 0 aliphatic carbocycles. The van der Waals surface area contributed by atoms with E-state index in [1.807, 2.05) is 24.3 Å². The van der Waals surface area contributed by atoms with Crippen LogP contribution in [-0.2, 0) is 0 Å². The monoisotopic (exact) mass is 272 g/mol. The Morgan fingerprint density at radius 1 is 0.619 bits per heavy atom. The zero-order valence-electron chi connectivity index (χ0n) is 11.5. The molecule has 0 aliphatic rings. The maximum atomic E-state index is 6.06. The second-order valence-corrected chi connectivity index (χ2v) is 5.52. The molecule has 21 heavy (non-hydrogen) atoms. The van der Waals surface area contributed by atoms with Crippen LogP contribution in [0.5, 0.6) is 0 Å². The largest absolute Gasteiger partial charge is 0.452 e. The van der Waals surface area contributed by atoms with E-state index in [1.165, 1.54) is 5.56 Å². The third-order valence-corrected chi connectivity index (χ3v) is 4.14. The van der Waals surface area contributed by atoms with Crippen molar-refractivity contribution in [3.8, 4) is 0 Å². The number of hydrogen-bond donors (Lipinski definition) is 0. The second kappa shape index (κ2) is 3.67. The van der Waals surface area contributed by atoms with Crippen LogP contribution in [0, 0.1) is 6.92 Å². The highest BCUT2D eigenvalue weighted by molar-refractivity contribution is 6.18. The van der Waals surface area contributed by atoms with E-state index in [4.69, 9.17) is 8.83 Å². The highest BCUT2D eigenvalue weighted by Gasteiger charge is 2.15.